The molecule has 8 heteroatoms. The van der Waals surface area contributed by atoms with E-state index in [9.17, 15) is 18.0 Å². The molecule has 3 aromatic rings. The standard InChI is InChI=1S/C32H41N3O4S/c1-6-7-20-33-32(37)27(5)34(21-19-28-11-9-8-10-12-28)31(36)23-35(30-22-25(3)13-16-26(30)4)40(38,39)29-17-14-24(2)15-18-29/h8-18,22,27H,6-7,19-21,23H2,1-5H3,(H,33,37)/t27-/m1/s1. The normalized spacial score (nSPS) is 12.0. The molecule has 0 heterocycles. The highest BCUT2D eigenvalue weighted by Crippen LogP contribution is 2.28. The summed E-state index contributed by atoms with van der Waals surface area (Å²) >= 11 is 0. The highest BCUT2D eigenvalue weighted by molar-refractivity contribution is 7.92. The van der Waals surface area contributed by atoms with Crippen molar-refractivity contribution in [3.8, 4) is 0 Å². The summed E-state index contributed by atoms with van der Waals surface area (Å²) in [6.07, 6.45) is 2.31. The third-order valence-corrected chi connectivity index (χ3v) is 8.78. The van der Waals surface area contributed by atoms with Crippen molar-refractivity contribution in [2.24, 2.45) is 0 Å². The van der Waals surface area contributed by atoms with Gasteiger partial charge >= 0.3 is 0 Å². The number of carbonyl (C=O) groups is 2. The van der Waals surface area contributed by atoms with E-state index in [-0.39, 0.29) is 17.3 Å². The van der Waals surface area contributed by atoms with Crippen molar-refractivity contribution in [3.63, 3.8) is 0 Å². The number of benzene rings is 3. The lowest BCUT2D eigenvalue weighted by atomic mass is 10.1. The number of carbonyl (C=O) groups excluding carboxylic acids is 2. The van der Waals surface area contributed by atoms with Crippen LogP contribution >= 0.6 is 0 Å². The van der Waals surface area contributed by atoms with Gasteiger partial charge < -0.3 is 10.2 Å². The number of hydrogen-bond acceptors (Lipinski definition) is 4. The van der Waals surface area contributed by atoms with Gasteiger partial charge in [0.15, 0.2) is 0 Å². The van der Waals surface area contributed by atoms with E-state index in [1.165, 1.54) is 9.21 Å². The Labute approximate surface area is 239 Å². The number of nitrogens with zero attached hydrogens (tertiary/aromatic N) is 2. The largest absolute Gasteiger partial charge is 0.354 e. The summed E-state index contributed by atoms with van der Waals surface area (Å²) in [5.41, 5.74) is 4.01. The van der Waals surface area contributed by atoms with Crippen molar-refractivity contribution in [2.45, 2.75) is 64.8 Å². The highest BCUT2D eigenvalue weighted by atomic mass is 32.2. The van der Waals surface area contributed by atoms with Crippen LogP contribution in [-0.4, -0.2) is 50.8 Å². The Morgan fingerprint density at radius 2 is 1.55 bits per heavy atom. The van der Waals surface area contributed by atoms with E-state index >= 15 is 0 Å². The first-order valence-electron chi connectivity index (χ1n) is 13.8. The summed E-state index contributed by atoms with van der Waals surface area (Å²) in [6, 6.07) is 21.1. The van der Waals surface area contributed by atoms with Crippen LogP contribution in [0.25, 0.3) is 0 Å². The zero-order valence-electron chi connectivity index (χ0n) is 24.2. The Hall–Kier alpha value is -3.65. The molecule has 0 aromatic heterocycles. The van der Waals surface area contributed by atoms with Crippen molar-refractivity contribution < 1.29 is 18.0 Å². The SMILES string of the molecule is CCCCNC(=O)[C@@H](C)N(CCc1ccccc1)C(=O)CN(c1cc(C)ccc1C)S(=O)(=O)c1ccc(C)cc1. The number of nitrogens with one attached hydrogen (secondary N) is 1. The second kappa shape index (κ2) is 14.1. The van der Waals surface area contributed by atoms with Crippen molar-refractivity contribution in [3.05, 3.63) is 95.1 Å². The maximum Gasteiger partial charge on any atom is 0.264 e. The van der Waals surface area contributed by atoms with Crippen LogP contribution in [-0.2, 0) is 26.0 Å². The Morgan fingerprint density at radius 1 is 0.900 bits per heavy atom. The number of aryl methyl sites for hydroxylation is 3. The van der Waals surface area contributed by atoms with Crippen LogP contribution in [0.2, 0.25) is 0 Å². The molecule has 0 unspecified atom stereocenters. The van der Waals surface area contributed by atoms with Gasteiger partial charge in [0.2, 0.25) is 11.8 Å². The second-order valence-corrected chi connectivity index (χ2v) is 12.1. The zero-order chi connectivity index (χ0) is 29.3. The number of amides is 2. The summed E-state index contributed by atoms with van der Waals surface area (Å²) in [4.78, 5) is 28.6. The van der Waals surface area contributed by atoms with E-state index < -0.39 is 28.5 Å². The molecule has 0 saturated carbocycles. The Morgan fingerprint density at radius 3 is 2.20 bits per heavy atom. The molecule has 0 radical (unpaired) electrons. The number of rotatable bonds is 13. The van der Waals surface area contributed by atoms with Crippen LogP contribution in [0, 0.1) is 20.8 Å². The van der Waals surface area contributed by atoms with E-state index in [4.69, 9.17) is 0 Å². The van der Waals surface area contributed by atoms with Crippen molar-refractivity contribution in [1.82, 2.24) is 10.2 Å². The average molecular weight is 564 g/mol. The lowest BCUT2D eigenvalue weighted by molar-refractivity contribution is -0.138. The molecule has 3 aromatic carbocycles. The number of unbranched alkanes of at least 4 members (excludes halogenated alkanes) is 1. The molecule has 0 spiro atoms. The number of hydrogen-bond donors (Lipinski definition) is 1. The molecule has 3 rings (SSSR count). The molecule has 0 saturated heterocycles. The fourth-order valence-corrected chi connectivity index (χ4v) is 5.92. The predicted octanol–water partition coefficient (Wildman–Crippen LogP) is 5.18. The molecule has 40 heavy (non-hydrogen) atoms. The van der Waals surface area contributed by atoms with E-state index in [1.54, 1.807) is 37.3 Å². The molecule has 0 aliphatic rings. The molecule has 0 aliphatic heterocycles. The topological polar surface area (TPSA) is 86.8 Å². The Bertz CT molecular complexity index is 1390. The minimum Gasteiger partial charge on any atom is -0.354 e. The molecule has 2 amide bonds. The van der Waals surface area contributed by atoms with Gasteiger partial charge in [0.25, 0.3) is 10.0 Å². The van der Waals surface area contributed by atoms with Crippen LogP contribution < -0.4 is 9.62 Å². The molecule has 0 fully saturated rings. The van der Waals surface area contributed by atoms with Gasteiger partial charge in [-0.2, -0.15) is 0 Å². The van der Waals surface area contributed by atoms with E-state index in [0.29, 0.717) is 18.7 Å². The summed E-state index contributed by atoms with van der Waals surface area (Å²) in [5.74, 6) is -0.694. The van der Waals surface area contributed by atoms with Crippen LogP contribution in [0.15, 0.2) is 77.7 Å². The van der Waals surface area contributed by atoms with Crippen LogP contribution in [0.3, 0.4) is 0 Å². The fraction of sp³-hybridized carbons (Fsp3) is 0.375. The molecular formula is C32H41N3O4S. The zero-order valence-corrected chi connectivity index (χ0v) is 25.0. The van der Waals surface area contributed by atoms with Gasteiger partial charge in [-0.25, -0.2) is 8.42 Å². The first-order chi connectivity index (χ1) is 19.0. The maximum atomic E-state index is 14.0. The summed E-state index contributed by atoms with van der Waals surface area (Å²) < 4.78 is 29.2. The van der Waals surface area contributed by atoms with Gasteiger partial charge in [-0.1, -0.05) is 73.5 Å². The Kier molecular flexibility index (Phi) is 10.9. The molecule has 0 aliphatic carbocycles. The van der Waals surface area contributed by atoms with Gasteiger partial charge in [-0.3, -0.25) is 13.9 Å². The summed E-state index contributed by atoms with van der Waals surface area (Å²) in [6.45, 7) is 9.71. The van der Waals surface area contributed by atoms with Gasteiger partial charge in [0, 0.05) is 13.1 Å². The average Bonchev–Trinajstić information content (AvgIpc) is 2.94. The van der Waals surface area contributed by atoms with Gasteiger partial charge in [0.05, 0.1) is 10.6 Å². The number of sulfonamides is 1. The lowest BCUT2D eigenvalue weighted by Gasteiger charge is -2.32. The van der Waals surface area contributed by atoms with Crippen molar-refractivity contribution in [1.29, 1.82) is 0 Å². The van der Waals surface area contributed by atoms with E-state index in [1.807, 2.05) is 70.2 Å². The van der Waals surface area contributed by atoms with Crippen molar-refractivity contribution >= 4 is 27.5 Å². The van der Waals surface area contributed by atoms with Gasteiger partial charge in [0.1, 0.15) is 12.6 Å². The van der Waals surface area contributed by atoms with Crippen molar-refractivity contribution in [2.75, 3.05) is 23.9 Å². The summed E-state index contributed by atoms with van der Waals surface area (Å²) in [7, 11) is -4.08. The smallest absolute Gasteiger partial charge is 0.264 e. The van der Waals surface area contributed by atoms with Gasteiger partial charge in [-0.15, -0.1) is 0 Å². The molecule has 1 atom stereocenters. The quantitative estimate of drug-likeness (QED) is 0.290. The molecular weight excluding hydrogens is 522 g/mol. The Balaban J connectivity index is 1.99. The molecule has 214 valence electrons. The maximum absolute atomic E-state index is 14.0. The van der Waals surface area contributed by atoms with E-state index in [2.05, 4.69) is 5.32 Å². The summed E-state index contributed by atoms with van der Waals surface area (Å²) in [5, 5.41) is 2.92. The van der Waals surface area contributed by atoms with Crippen LogP contribution in [0.4, 0.5) is 5.69 Å². The first kappa shape index (κ1) is 30.9. The van der Waals surface area contributed by atoms with Gasteiger partial charge in [-0.05, 0) is 75.4 Å². The fourth-order valence-electron chi connectivity index (χ4n) is 4.45. The van der Waals surface area contributed by atoms with Crippen LogP contribution in [0.1, 0.15) is 48.9 Å². The third kappa shape index (κ3) is 7.94. The van der Waals surface area contributed by atoms with E-state index in [0.717, 1.165) is 35.1 Å². The highest BCUT2D eigenvalue weighted by Gasteiger charge is 2.33. The molecule has 1 N–H and O–H groups in total. The second-order valence-electron chi connectivity index (χ2n) is 10.3. The minimum atomic E-state index is -4.08. The number of anilines is 1. The third-order valence-electron chi connectivity index (χ3n) is 7.00. The monoisotopic (exact) mass is 563 g/mol. The van der Waals surface area contributed by atoms with Crippen LogP contribution in [0.5, 0.6) is 0 Å². The molecule has 7 nitrogen and oxygen atoms in total. The minimum absolute atomic E-state index is 0.105. The lowest BCUT2D eigenvalue weighted by Crippen LogP contribution is -2.52. The predicted molar refractivity (Wildman–Crippen MR) is 161 cm³/mol. The first-order valence-corrected chi connectivity index (χ1v) is 15.3. The molecule has 0 bridgehead atoms.